The van der Waals surface area contributed by atoms with Crippen LogP contribution in [0.5, 0.6) is 0 Å². The molecule has 0 aliphatic rings. The van der Waals surface area contributed by atoms with Crippen LogP contribution in [0, 0.1) is 6.92 Å². The molecule has 1 atom stereocenters. The van der Waals surface area contributed by atoms with E-state index in [1.165, 1.54) is 11.8 Å². The summed E-state index contributed by atoms with van der Waals surface area (Å²) in [5.41, 5.74) is 7.90. The van der Waals surface area contributed by atoms with E-state index in [0.717, 1.165) is 32.8 Å². The first-order chi connectivity index (χ1) is 9.06. The number of halogens is 1. The quantitative estimate of drug-likeness (QED) is 0.877. The third kappa shape index (κ3) is 3.93. The zero-order chi connectivity index (χ0) is 13.8. The number of hydrogen-bond acceptors (Lipinski definition) is 4. The Balaban J connectivity index is 2.31. The van der Waals surface area contributed by atoms with Crippen LogP contribution in [0.25, 0.3) is 0 Å². The summed E-state index contributed by atoms with van der Waals surface area (Å²) in [6.07, 6.45) is 2.51. The van der Waals surface area contributed by atoms with Gasteiger partial charge in [0.1, 0.15) is 0 Å². The fourth-order valence-electron chi connectivity index (χ4n) is 1.73. The first-order valence-electron chi connectivity index (χ1n) is 6.06. The van der Waals surface area contributed by atoms with E-state index in [0.29, 0.717) is 0 Å². The van der Waals surface area contributed by atoms with Gasteiger partial charge in [-0.05, 0) is 55.8 Å². The van der Waals surface area contributed by atoms with E-state index in [1.807, 2.05) is 38.1 Å². The van der Waals surface area contributed by atoms with Gasteiger partial charge in [-0.25, -0.2) is 9.97 Å². The summed E-state index contributed by atoms with van der Waals surface area (Å²) in [6, 6.07) is 7.80. The highest BCUT2D eigenvalue weighted by Crippen LogP contribution is 2.32. The summed E-state index contributed by atoms with van der Waals surface area (Å²) in [6.45, 7) is 3.92. The first-order valence-corrected chi connectivity index (χ1v) is 7.26. The second-order valence-electron chi connectivity index (χ2n) is 4.48. The molecule has 1 heterocycles. The molecule has 0 spiro atoms. The van der Waals surface area contributed by atoms with Crippen molar-refractivity contribution in [2.24, 2.45) is 5.73 Å². The van der Waals surface area contributed by atoms with Gasteiger partial charge >= 0.3 is 0 Å². The predicted octanol–water partition coefficient (Wildman–Crippen LogP) is 3.48. The number of nitrogens with zero attached hydrogens (tertiary/aromatic N) is 2. The molecule has 1 aromatic heterocycles. The molecule has 0 saturated carbocycles. The third-order valence-electron chi connectivity index (χ3n) is 2.58. The van der Waals surface area contributed by atoms with Crippen LogP contribution in [0.2, 0.25) is 5.02 Å². The van der Waals surface area contributed by atoms with Crippen LogP contribution >= 0.6 is 23.4 Å². The Bertz CT molecular complexity index is 572. The summed E-state index contributed by atoms with van der Waals surface area (Å²) in [5.74, 6) is 0. The number of benzene rings is 1. The molecule has 0 bridgehead atoms. The van der Waals surface area contributed by atoms with E-state index in [4.69, 9.17) is 17.3 Å². The van der Waals surface area contributed by atoms with Crippen LogP contribution in [0.15, 0.2) is 40.5 Å². The Kier molecular flexibility index (Phi) is 4.80. The van der Waals surface area contributed by atoms with Crippen LogP contribution < -0.4 is 5.73 Å². The topological polar surface area (TPSA) is 51.8 Å². The Morgan fingerprint density at radius 1 is 1.37 bits per heavy atom. The molecule has 0 radical (unpaired) electrons. The normalized spacial score (nSPS) is 12.4. The molecule has 100 valence electrons. The standard InChI is InChI=1S/C14H16ClN3S/c1-9(16)8-11-12(15)4-3-5-13(11)19-14-17-7-6-10(2)18-14/h3-7,9H,8,16H2,1-2H3. The van der Waals surface area contributed by atoms with Crippen LogP contribution in [-0.2, 0) is 6.42 Å². The average molecular weight is 294 g/mol. The van der Waals surface area contributed by atoms with Gasteiger partial charge in [0.15, 0.2) is 5.16 Å². The molecule has 0 amide bonds. The summed E-state index contributed by atoms with van der Waals surface area (Å²) >= 11 is 7.78. The monoisotopic (exact) mass is 293 g/mol. The molecule has 1 aromatic carbocycles. The minimum Gasteiger partial charge on any atom is -0.328 e. The second-order valence-corrected chi connectivity index (χ2v) is 5.90. The molecule has 2 aromatic rings. The summed E-state index contributed by atoms with van der Waals surface area (Å²) in [4.78, 5) is 9.72. The SMILES string of the molecule is Cc1ccnc(Sc2cccc(Cl)c2CC(C)N)n1. The number of aryl methyl sites for hydroxylation is 1. The van der Waals surface area contributed by atoms with Crippen molar-refractivity contribution in [3.05, 3.63) is 46.7 Å². The molecule has 0 fully saturated rings. The Labute approximate surface area is 122 Å². The molecule has 1 unspecified atom stereocenters. The molecule has 0 aliphatic heterocycles. The van der Waals surface area contributed by atoms with E-state index in [1.54, 1.807) is 6.20 Å². The summed E-state index contributed by atoms with van der Waals surface area (Å²) in [5, 5.41) is 1.48. The van der Waals surface area contributed by atoms with Gasteiger partial charge in [-0.15, -0.1) is 0 Å². The lowest BCUT2D eigenvalue weighted by Crippen LogP contribution is -2.18. The van der Waals surface area contributed by atoms with Crippen LogP contribution in [-0.4, -0.2) is 16.0 Å². The van der Waals surface area contributed by atoms with Crippen molar-refractivity contribution in [2.45, 2.75) is 36.4 Å². The number of nitrogens with two attached hydrogens (primary N) is 1. The minimum atomic E-state index is 0.0673. The van der Waals surface area contributed by atoms with Crippen LogP contribution in [0.1, 0.15) is 18.2 Å². The van der Waals surface area contributed by atoms with E-state index >= 15 is 0 Å². The maximum absolute atomic E-state index is 6.26. The first kappa shape index (κ1) is 14.3. The predicted molar refractivity (Wildman–Crippen MR) is 79.7 cm³/mol. The number of rotatable bonds is 4. The summed E-state index contributed by atoms with van der Waals surface area (Å²) in [7, 11) is 0. The maximum atomic E-state index is 6.26. The molecular weight excluding hydrogens is 278 g/mol. The van der Waals surface area contributed by atoms with Gasteiger partial charge in [-0.3, -0.25) is 0 Å². The fourth-order valence-corrected chi connectivity index (χ4v) is 3.00. The van der Waals surface area contributed by atoms with Crippen molar-refractivity contribution in [2.75, 3.05) is 0 Å². The lowest BCUT2D eigenvalue weighted by Gasteiger charge is -2.12. The lowest BCUT2D eigenvalue weighted by atomic mass is 10.1. The van der Waals surface area contributed by atoms with E-state index < -0.39 is 0 Å². The highest BCUT2D eigenvalue weighted by Gasteiger charge is 2.11. The van der Waals surface area contributed by atoms with Gasteiger partial charge in [-0.1, -0.05) is 17.7 Å². The highest BCUT2D eigenvalue weighted by atomic mass is 35.5. The van der Waals surface area contributed by atoms with Crippen molar-refractivity contribution in [1.82, 2.24) is 9.97 Å². The van der Waals surface area contributed by atoms with Gasteiger partial charge in [0.05, 0.1) is 0 Å². The Hall–Kier alpha value is -1.10. The molecule has 0 aliphatic carbocycles. The molecule has 0 saturated heterocycles. The Morgan fingerprint density at radius 3 is 2.84 bits per heavy atom. The van der Waals surface area contributed by atoms with Crippen molar-refractivity contribution < 1.29 is 0 Å². The molecule has 3 nitrogen and oxygen atoms in total. The minimum absolute atomic E-state index is 0.0673. The molecular formula is C14H16ClN3S. The van der Waals surface area contributed by atoms with E-state index in [-0.39, 0.29) is 6.04 Å². The largest absolute Gasteiger partial charge is 0.328 e. The lowest BCUT2D eigenvalue weighted by molar-refractivity contribution is 0.729. The van der Waals surface area contributed by atoms with Crippen LogP contribution in [0.4, 0.5) is 0 Å². The summed E-state index contributed by atoms with van der Waals surface area (Å²) < 4.78 is 0. The maximum Gasteiger partial charge on any atom is 0.192 e. The second kappa shape index (κ2) is 6.37. The van der Waals surface area contributed by atoms with Crippen molar-refractivity contribution in [1.29, 1.82) is 0 Å². The molecule has 2 N–H and O–H groups in total. The van der Waals surface area contributed by atoms with Gasteiger partial charge < -0.3 is 5.73 Å². The zero-order valence-corrected chi connectivity index (χ0v) is 12.5. The van der Waals surface area contributed by atoms with Gasteiger partial charge in [0.2, 0.25) is 0 Å². The highest BCUT2D eigenvalue weighted by molar-refractivity contribution is 7.99. The van der Waals surface area contributed by atoms with E-state index in [2.05, 4.69) is 9.97 Å². The molecule has 5 heteroatoms. The van der Waals surface area contributed by atoms with Gasteiger partial charge in [-0.2, -0.15) is 0 Å². The van der Waals surface area contributed by atoms with Crippen LogP contribution in [0.3, 0.4) is 0 Å². The van der Waals surface area contributed by atoms with Crippen molar-refractivity contribution >= 4 is 23.4 Å². The van der Waals surface area contributed by atoms with E-state index in [9.17, 15) is 0 Å². The molecule has 2 rings (SSSR count). The van der Waals surface area contributed by atoms with Gasteiger partial charge in [0.25, 0.3) is 0 Å². The van der Waals surface area contributed by atoms with Gasteiger partial charge in [0, 0.05) is 27.9 Å². The van der Waals surface area contributed by atoms with Crippen molar-refractivity contribution in [3.8, 4) is 0 Å². The number of aromatic nitrogens is 2. The smallest absolute Gasteiger partial charge is 0.192 e. The molecule has 19 heavy (non-hydrogen) atoms. The zero-order valence-electron chi connectivity index (χ0n) is 10.9. The fraction of sp³-hybridized carbons (Fsp3) is 0.286. The Morgan fingerprint density at radius 2 is 2.16 bits per heavy atom. The van der Waals surface area contributed by atoms with Crippen molar-refractivity contribution in [3.63, 3.8) is 0 Å². The third-order valence-corrected chi connectivity index (χ3v) is 3.91. The number of hydrogen-bond donors (Lipinski definition) is 1. The average Bonchev–Trinajstić information content (AvgIpc) is 2.33.